The number of aliphatic hydroxyl groups excluding tert-OH is 1. The molecule has 5 nitrogen and oxygen atoms in total. The third-order valence-electron chi connectivity index (χ3n) is 2.23. The number of nitrogens with one attached hydrogen (secondary N) is 1. The van der Waals surface area contributed by atoms with Crippen LogP contribution in [0.4, 0.5) is 0 Å². The van der Waals surface area contributed by atoms with Crippen molar-refractivity contribution in [1.82, 2.24) is 4.98 Å². The fourth-order valence-electron chi connectivity index (χ4n) is 1.33. The molecule has 1 unspecified atom stereocenters. The molecule has 1 heterocycles. The first kappa shape index (κ1) is 13.1. The van der Waals surface area contributed by atoms with E-state index in [9.17, 15) is 9.90 Å². The molecule has 1 aromatic heterocycles. The second kappa shape index (κ2) is 6.57. The van der Waals surface area contributed by atoms with Crippen LogP contribution in [0.1, 0.15) is 10.7 Å². The number of carbonyl (C=O) groups excluding carboxylic acids is 1. The first-order chi connectivity index (χ1) is 7.61. The van der Waals surface area contributed by atoms with Crippen LogP contribution in [0.25, 0.3) is 0 Å². The van der Waals surface area contributed by atoms with Gasteiger partial charge in [0, 0.05) is 24.2 Å². The molecule has 0 aliphatic rings. The molecule has 0 bridgehead atoms. The average Bonchev–Trinajstić information content (AvgIpc) is 2.62. The molecule has 0 saturated heterocycles. The van der Waals surface area contributed by atoms with Crippen molar-refractivity contribution < 1.29 is 19.9 Å². The van der Waals surface area contributed by atoms with Crippen LogP contribution in [0.2, 0.25) is 0 Å². The van der Waals surface area contributed by atoms with Crippen molar-refractivity contribution in [2.45, 2.75) is 12.8 Å². The first-order valence-corrected chi connectivity index (χ1v) is 6.05. The van der Waals surface area contributed by atoms with E-state index in [1.165, 1.54) is 16.2 Å². The summed E-state index contributed by atoms with van der Waals surface area (Å²) in [7, 11) is 2.01. The van der Waals surface area contributed by atoms with Crippen LogP contribution in [0.15, 0.2) is 5.38 Å². The predicted octanol–water partition coefficient (Wildman–Crippen LogP) is -2.51. The summed E-state index contributed by atoms with van der Waals surface area (Å²) in [6, 6.07) is 0. The van der Waals surface area contributed by atoms with Crippen molar-refractivity contribution in [3.8, 4) is 0 Å². The lowest BCUT2D eigenvalue weighted by molar-refractivity contribution is -0.879. The van der Waals surface area contributed by atoms with Crippen molar-refractivity contribution in [3.63, 3.8) is 0 Å². The molecule has 0 aliphatic heterocycles. The Kier molecular flexibility index (Phi) is 5.37. The fourth-order valence-corrected chi connectivity index (χ4v) is 2.13. The summed E-state index contributed by atoms with van der Waals surface area (Å²) < 4.78 is 0. The molecule has 0 amide bonds. The predicted molar refractivity (Wildman–Crippen MR) is 58.2 cm³/mol. The lowest BCUT2D eigenvalue weighted by atomic mass is 10.3. The minimum Gasteiger partial charge on any atom is -0.550 e. The number of rotatable bonds is 7. The molecule has 0 spiro atoms. The van der Waals surface area contributed by atoms with Gasteiger partial charge in [-0.05, 0) is 0 Å². The summed E-state index contributed by atoms with van der Waals surface area (Å²) in [6.45, 7) is 1.79. The largest absolute Gasteiger partial charge is 0.550 e. The zero-order valence-corrected chi connectivity index (χ0v) is 10.0. The molecule has 0 aromatic carbocycles. The molecule has 6 heteroatoms. The molecule has 0 aliphatic carbocycles. The number of carboxylic acid groups (broad SMARTS) is 1. The summed E-state index contributed by atoms with van der Waals surface area (Å²) in [5, 5.41) is 21.8. The zero-order chi connectivity index (χ0) is 12.0. The maximum atomic E-state index is 10.4. The van der Waals surface area contributed by atoms with Crippen molar-refractivity contribution in [1.29, 1.82) is 0 Å². The highest BCUT2D eigenvalue weighted by Crippen LogP contribution is 2.09. The number of aromatic nitrogens is 1. The number of nitrogens with zero attached hydrogens (tertiary/aromatic N) is 1. The van der Waals surface area contributed by atoms with Crippen LogP contribution in [0.5, 0.6) is 0 Å². The second-order valence-corrected chi connectivity index (χ2v) is 4.65. The Bertz CT molecular complexity index is 341. The maximum absolute atomic E-state index is 10.4. The van der Waals surface area contributed by atoms with E-state index in [2.05, 4.69) is 4.98 Å². The highest BCUT2D eigenvalue weighted by Gasteiger charge is 2.06. The summed E-state index contributed by atoms with van der Waals surface area (Å²) in [6.07, 6.45) is 0.694. The monoisotopic (exact) mass is 244 g/mol. The fraction of sp³-hybridized carbons (Fsp3) is 0.600. The van der Waals surface area contributed by atoms with Crippen LogP contribution in [0.3, 0.4) is 0 Å². The van der Waals surface area contributed by atoms with Crippen LogP contribution in [0, 0.1) is 0 Å². The van der Waals surface area contributed by atoms with E-state index in [4.69, 9.17) is 5.11 Å². The number of hydrogen-bond donors (Lipinski definition) is 2. The Hall–Kier alpha value is -0.980. The van der Waals surface area contributed by atoms with Gasteiger partial charge in [0.15, 0.2) is 0 Å². The number of likely N-dealkylation sites (N-methyl/N-ethyl adjacent to an activating group) is 1. The Labute approximate surface area is 98.4 Å². The van der Waals surface area contributed by atoms with Gasteiger partial charge in [0.05, 0.1) is 30.9 Å². The molecule has 2 N–H and O–H groups in total. The van der Waals surface area contributed by atoms with Gasteiger partial charge >= 0.3 is 0 Å². The Balaban J connectivity index is 2.37. The minimum absolute atomic E-state index is 0.115. The molecule has 1 rings (SSSR count). The number of quaternary nitrogens is 1. The summed E-state index contributed by atoms with van der Waals surface area (Å²) in [5.41, 5.74) is 0.569. The quantitative estimate of drug-likeness (QED) is 0.555. The van der Waals surface area contributed by atoms with Gasteiger partial charge in [-0.1, -0.05) is 0 Å². The van der Waals surface area contributed by atoms with Crippen molar-refractivity contribution >= 4 is 17.3 Å². The Morgan fingerprint density at radius 1 is 1.62 bits per heavy atom. The lowest BCUT2D eigenvalue weighted by Crippen LogP contribution is -3.09. The highest BCUT2D eigenvalue weighted by molar-refractivity contribution is 7.09. The average molecular weight is 244 g/mol. The van der Waals surface area contributed by atoms with Gasteiger partial charge in [-0.3, -0.25) is 0 Å². The summed E-state index contributed by atoms with van der Waals surface area (Å²) in [4.78, 5) is 15.8. The van der Waals surface area contributed by atoms with Gasteiger partial charge in [0.25, 0.3) is 0 Å². The van der Waals surface area contributed by atoms with Gasteiger partial charge in [-0.15, -0.1) is 11.3 Å². The van der Waals surface area contributed by atoms with E-state index in [1.54, 1.807) is 5.38 Å². The van der Waals surface area contributed by atoms with Crippen LogP contribution in [-0.2, 0) is 17.6 Å². The van der Waals surface area contributed by atoms with Gasteiger partial charge in [0.2, 0.25) is 0 Å². The lowest BCUT2D eigenvalue weighted by Gasteiger charge is -2.10. The number of hydrogen-bond acceptors (Lipinski definition) is 5. The topological polar surface area (TPSA) is 77.7 Å². The smallest absolute Gasteiger partial charge is 0.100 e. The Morgan fingerprint density at radius 3 is 3.00 bits per heavy atom. The number of thiazole rings is 1. The number of aliphatic carboxylic acids is 1. The Morgan fingerprint density at radius 2 is 2.38 bits per heavy atom. The number of carboxylic acids is 1. The molecule has 16 heavy (non-hydrogen) atoms. The third-order valence-corrected chi connectivity index (χ3v) is 3.19. The molecule has 0 saturated carbocycles. The molecule has 0 fully saturated rings. The van der Waals surface area contributed by atoms with E-state index >= 15 is 0 Å². The normalized spacial score (nSPS) is 12.6. The SMILES string of the molecule is C[NH+](CCO)CCc1nc(CC(=O)[O-])cs1. The standard InChI is InChI=1S/C10H16N2O3S/c1-12(4-5-13)3-2-9-11-8(7-16-9)6-10(14)15/h7,13H,2-6H2,1H3,(H,14,15). The molecular formula is C10H16N2O3S. The van der Waals surface area contributed by atoms with E-state index in [0.29, 0.717) is 5.69 Å². The maximum Gasteiger partial charge on any atom is 0.100 e. The number of carbonyl (C=O) groups is 1. The molecule has 1 atom stereocenters. The van der Waals surface area contributed by atoms with Crippen molar-refractivity contribution in [2.75, 3.05) is 26.7 Å². The van der Waals surface area contributed by atoms with Crippen LogP contribution >= 0.6 is 11.3 Å². The van der Waals surface area contributed by atoms with Gasteiger partial charge in [-0.2, -0.15) is 0 Å². The van der Waals surface area contributed by atoms with Crippen LogP contribution in [-0.4, -0.2) is 42.8 Å². The third kappa shape index (κ3) is 4.69. The zero-order valence-electron chi connectivity index (χ0n) is 9.23. The minimum atomic E-state index is -1.10. The number of aliphatic hydroxyl groups is 1. The van der Waals surface area contributed by atoms with E-state index < -0.39 is 5.97 Å². The second-order valence-electron chi connectivity index (χ2n) is 3.71. The molecule has 0 radical (unpaired) electrons. The van der Waals surface area contributed by atoms with Crippen molar-refractivity contribution in [2.24, 2.45) is 0 Å². The first-order valence-electron chi connectivity index (χ1n) is 5.17. The highest BCUT2D eigenvalue weighted by atomic mass is 32.1. The molecule has 90 valence electrons. The van der Waals surface area contributed by atoms with E-state index in [1.807, 2.05) is 7.05 Å². The van der Waals surface area contributed by atoms with E-state index in [-0.39, 0.29) is 13.0 Å². The van der Waals surface area contributed by atoms with Crippen LogP contribution < -0.4 is 10.0 Å². The van der Waals surface area contributed by atoms with Gasteiger partial charge < -0.3 is 19.9 Å². The summed E-state index contributed by atoms with van der Waals surface area (Å²) in [5.74, 6) is -1.10. The van der Waals surface area contributed by atoms with E-state index in [0.717, 1.165) is 24.5 Å². The summed E-state index contributed by atoms with van der Waals surface area (Å²) >= 11 is 1.47. The molecule has 1 aromatic rings. The van der Waals surface area contributed by atoms with Gasteiger partial charge in [0.1, 0.15) is 6.54 Å². The van der Waals surface area contributed by atoms with Crippen molar-refractivity contribution in [3.05, 3.63) is 16.1 Å². The molecular weight excluding hydrogens is 228 g/mol. The van der Waals surface area contributed by atoms with Gasteiger partial charge in [-0.25, -0.2) is 4.98 Å².